The van der Waals surface area contributed by atoms with Crippen molar-refractivity contribution in [3.63, 3.8) is 0 Å². The molecule has 1 atom stereocenters. The van der Waals surface area contributed by atoms with E-state index in [1.54, 1.807) is 13.3 Å². The molecule has 1 aliphatic heterocycles. The molecule has 1 aliphatic rings. The number of halogens is 1. The SMILES string of the molecule is COCC1CCCN(c2cnccc2CCl)C1. The van der Waals surface area contributed by atoms with Gasteiger partial charge in [0, 0.05) is 32.3 Å². The van der Waals surface area contributed by atoms with Crippen LogP contribution >= 0.6 is 11.6 Å². The van der Waals surface area contributed by atoms with Crippen molar-refractivity contribution >= 4 is 17.3 Å². The van der Waals surface area contributed by atoms with Crippen molar-refractivity contribution in [2.45, 2.75) is 18.7 Å². The van der Waals surface area contributed by atoms with E-state index in [9.17, 15) is 0 Å². The number of ether oxygens (including phenoxy) is 1. The lowest BCUT2D eigenvalue weighted by Gasteiger charge is -2.34. The van der Waals surface area contributed by atoms with E-state index in [1.807, 2.05) is 12.3 Å². The van der Waals surface area contributed by atoms with Crippen molar-refractivity contribution in [2.24, 2.45) is 5.92 Å². The zero-order chi connectivity index (χ0) is 12.1. The van der Waals surface area contributed by atoms with Crippen LogP contribution in [0.5, 0.6) is 0 Å². The van der Waals surface area contributed by atoms with E-state index in [4.69, 9.17) is 16.3 Å². The Bertz CT molecular complexity index is 357. The van der Waals surface area contributed by atoms with E-state index >= 15 is 0 Å². The molecule has 3 nitrogen and oxygen atoms in total. The minimum atomic E-state index is 0.545. The molecule has 1 saturated heterocycles. The van der Waals surface area contributed by atoms with Gasteiger partial charge in [0.15, 0.2) is 0 Å². The van der Waals surface area contributed by atoms with E-state index in [-0.39, 0.29) is 0 Å². The number of nitrogens with zero attached hydrogens (tertiary/aromatic N) is 2. The van der Waals surface area contributed by atoms with Crippen molar-refractivity contribution in [3.8, 4) is 0 Å². The van der Waals surface area contributed by atoms with Crippen molar-refractivity contribution in [1.82, 2.24) is 4.98 Å². The second kappa shape index (κ2) is 6.22. The van der Waals surface area contributed by atoms with Crippen molar-refractivity contribution in [1.29, 1.82) is 0 Å². The molecule has 0 radical (unpaired) electrons. The lowest BCUT2D eigenvalue weighted by Crippen LogP contribution is -2.37. The monoisotopic (exact) mass is 254 g/mol. The Morgan fingerprint density at radius 2 is 2.47 bits per heavy atom. The molecule has 1 aromatic rings. The highest BCUT2D eigenvalue weighted by molar-refractivity contribution is 6.17. The zero-order valence-corrected chi connectivity index (χ0v) is 11.0. The third kappa shape index (κ3) is 3.11. The molecule has 17 heavy (non-hydrogen) atoms. The molecule has 1 fully saturated rings. The van der Waals surface area contributed by atoms with Gasteiger partial charge in [-0.25, -0.2) is 0 Å². The van der Waals surface area contributed by atoms with Crippen LogP contribution in [0, 0.1) is 5.92 Å². The van der Waals surface area contributed by atoms with Crippen molar-refractivity contribution in [2.75, 3.05) is 31.7 Å². The summed E-state index contributed by atoms with van der Waals surface area (Å²) >= 11 is 5.97. The van der Waals surface area contributed by atoms with Crippen LogP contribution in [0.15, 0.2) is 18.5 Å². The first-order valence-corrected chi connectivity index (χ1v) is 6.61. The lowest BCUT2D eigenvalue weighted by atomic mass is 9.98. The first-order valence-electron chi connectivity index (χ1n) is 6.08. The van der Waals surface area contributed by atoms with Crippen LogP contribution in [0.25, 0.3) is 0 Å². The average molecular weight is 255 g/mol. The van der Waals surface area contributed by atoms with Gasteiger partial charge in [0.05, 0.1) is 18.5 Å². The minimum absolute atomic E-state index is 0.545. The molecule has 1 aromatic heterocycles. The molecular formula is C13H19ClN2O. The van der Waals surface area contributed by atoms with E-state index in [2.05, 4.69) is 9.88 Å². The number of methoxy groups -OCH3 is 1. The third-order valence-corrected chi connectivity index (χ3v) is 3.58. The number of aromatic nitrogens is 1. The van der Waals surface area contributed by atoms with Crippen molar-refractivity contribution < 1.29 is 4.74 Å². The number of pyridine rings is 1. The Morgan fingerprint density at radius 3 is 3.24 bits per heavy atom. The maximum atomic E-state index is 5.97. The molecule has 2 heterocycles. The summed E-state index contributed by atoms with van der Waals surface area (Å²) in [7, 11) is 1.77. The highest BCUT2D eigenvalue weighted by atomic mass is 35.5. The van der Waals surface area contributed by atoms with Gasteiger partial charge in [-0.2, -0.15) is 0 Å². The molecule has 0 saturated carbocycles. The van der Waals surface area contributed by atoms with Gasteiger partial charge >= 0.3 is 0 Å². The molecule has 0 aliphatic carbocycles. The van der Waals surface area contributed by atoms with Gasteiger partial charge in [0.25, 0.3) is 0 Å². The van der Waals surface area contributed by atoms with Gasteiger partial charge in [0.1, 0.15) is 0 Å². The second-order valence-corrected chi connectivity index (χ2v) is 4.81. The molecule has 4 heteroatoms. The van der Waals surface area contributed by atoms with Crippen LogP contribution in [0.4, 0.5) is 5.69 Å². The van der Waals surface area contributed by atoms with Crippen LogP contribution < -0.4 is 4.90 Å². The first kappa shape index (κ1) is 12.7. The fourth-order valence-electron chi connectivity index (χ4n) is 2.47. The van der Waals surface area contributed by atoms with Gasteiger partial charge in [0.2, 0.25) is 0 Å². The van der Waals surface area contributed by atoms with E-state index in [0.717, 1.165) is 19.7 Å². The van der Waals surface area contributed by atoms with Gasteiger partial charge in [-0.3, -0.25) is 4.98 Å². The van der Waals surface area contributed by atoms with Gasteiger partial charge in [-0.05, 0) is 30.4 Å². The highest BCUT2D eigenvalue weighted by Gasteiger charge is 2.21. The quantitative estimate of drug-likeness (QED) is 0.773. The Hall–Kier alpha value is -0.800. The van der Waals surface area contributed by atoms with Crippen molar-refractivity contribution in [3.05, 3.63) is 24.0 Å². The van der Waals surface area contributed by atoms with Crippen LogP contribution in [-0.2, 0) is 10.6 Å². The summed E-state index contributed by atoms with van der Waals surface area (Å²) in [4.78, 5) is 6.59. The zero-order valence-electron chi connectivity index (χ0n) is 10.2. The van der Waals surface area contributed by atoms with Gasteiger partial charge in [-0.1, -0.05) is 0 Å². The fraction of sp³-hybridized carbons (Fsp3) is 0.615. The Labute approximate surface area is 108 Å². The predicted octanol–water partition coefficient (Wildman–Crippen LogP) is 2.68. The first-order chi connectivity index (χ1) is 8.35. The molecule has 0 bridgehead atoms. The van der Waals surface area contributed by atoms with Crippen LogP contribution in [0.1, 0.15) is 18.4 Å². The number of alkyl halides is 1. The Morgan fingerprint density at radius 1 is 1.59 bits per heavy atom. The predicted molar refractivity (Wildman–Crippen MR) is 70.6 cm³/mol. The van der Waals surface area contributed by atoms with E-state index in [0.29, 0.717) is 11.8 Å². The van der Waals surface area contributed by atoms with Crippen LogP contribution in [-0.4, -0.2) is 31.8 Å². The minimum Gasteiger partial charge on any atom is -0.384 e. The second-order valence-electron chi connectivity index (χ2n) is 4.55. The van der Waals surface area contributed by atoms with Gasteiger partial charge < -0.3 is 9.64 Å². The normalized spacial score (nSPS) is 20.6. The molecule has 94 valence electrons. The number of hydrogen-bond acceptors (Lipinski definition) is 3. The molecular weight excluding hydrogens is 236 g/mol. The average Bonchev–Trinajstić information content (AvgIpc) is 2.39. The number of piperidine rings is 1. The van der Waals surface area contributed by atoms with Gasteiger partial charge in [-0.15, -0.1) is 11.6 Å². The van der Waals surface area contributed by atoms with E-state index in [1.165, 1.54) is 24.1 Å². The largest absolute Gasteiger partial charge is 0.384 e. The Kier molecular flexibility index (Phi) is 4.63. The van der Waals surface area contributed by atoms with Crippen LogP contribution in [0.2, 0.25) is 0 Å². The molecule has 0 amide bonds. The van der Waals surface area contributed by atoms with Crippen LogP contribution in [0.3, 0.4) is 0 Å². The molecule has 0 N–H and O–H groups in total. The Balaban J connectivity index is 2.10. The summed E-state index contributed by atoms with van der Waals surface area (Å²) in [6.07, 6.45) is 6.19. The maximum Gasteiger partial charge on any atom is 0.0597 e. The summed E-state index contributed by atoms with van der Waals surface area (Å²) < 4.78 is 5.25. The molecule has 2 rings (SSSR count). The molecule has 0 spiro atoms. The number of anilines is 1. The summed E-state index contributed by atoms with van der Waals surface area (Å²) in [5, 5.41) is 0. The smallest absolute Gasteiger partial charge is 0.0597 e. The third-order valence-electron chi connectivity index (χ3n) is 3.29. The number of hydrogen-bond donors (Lipinski definition) is 0. The topological polar surface area (TPSA) is 25.4 Å². The van der Waals surface area contributed by atoms with E-state index < -0.39 is 0 Å². The lowest BCUT2D eigenvalue weighted by molar-refractivity contribution is 0.143. The highest BCUT2D eigenvalue weighted by Crippen LogP contribution is 2.26. The molecule has 0 aromatic carbocycles. The number of rotatable bonds is 4. The summed E-state index contributed by atoms with van der Waals surface area (Å²) in [5.41, 5.74) is 2.35. The fourth-order valence-corrected chi connectivity index (χ4v) is 2.69. The maximum absolute atomic E-state index is 5.97. The summed E-state index contributed by atoms with van der Waals surface area (Å²) in [6.45, 7) is 2.98. The summed E-state index contributed by atoms with van der Waals surface area (Å²) in [5.74, 6) is 1.17. The molecule has 1 unspecified atom stereocenters. The standard InChI is InChI=1S/C13H19ClN2O/c1-17-10-11-3-2-6-16(9-11)13-8-15-5-4-12(13)7-14/h4-5,8,11H,2-3,6-7,9-10H2,1H3. The summed E-state index contributed by atoms with van der Waals surface area (Å²) in [6, 6.07) is 2.00.